The maximum atomic E-state index is 9.13. The molecule has 2 rings (SSSR count). The van der Waals surface area contributed by atoms with Gasteiger partial charge >= 0.3 is 0 Å². The zero-order chi connectivity index (χ0) is 13.0. The summed E-state index contributed by atoms with van der Waals surface area (Å²) in [7, 11) is 0. The summed E-state index contributed by atoms with van der Waals surface area (Å²) in [6, 6.07) is 15.8. The lowest BCUT2D eigenvalue weighted by atomic mass is 10.1. The van der Waals surface area contributed by atoms with Crippen LogP contribution in [-0.2, 0) is 6.61 Å². The van der Waals surface area contributed by atoms with Gasteiger partial charge in [0.25, 0.3) is 0 Å². The van der Waals surface area contributed by atoms with Crippen molar-refractivity contribution in [3.05, 3.63) is 59.2 Å². The van der Waals surface area contributed by atoms with E-state index in [1.165, 1.54) is 5.56 Å². The normalized spacial score (nSPS) is 10.1. The Bertz CT molecular complexity index is 602. The maximum Gasteiger partial charge on any atom is 0.100 e. The molecular formula is C15H13NOS. The highest BCUT2D eigenvalue weighted by Crippen LogP contribution is 2.31. The molecule has 0 aliphatic rings. The van der Waals surface area contributed by atoms with Gasteiger partial charge in [0.05, 0.1) is 12.2 Å². The highest BCUT2D eigenvalue weighted by Gasteiger charge is 2.05. The highest BCUT2D eigenvalue weighted by atomic mass is 32.2. The summed E-state index contributed by atoms with van der Waals surface area (Å²) in [4.78, 5) is 2.03. The Morgan fingerprint density at radius 3 is 2.72 bits per heavy atom. The lowest BCUT2D eigenvalue weighted by molar-refractivity contribution is 0.281. The van der Waals surface area contributed by atoms with E-state index in [0.29, 0.717) is 5.56 Å². The van der Waals surface area contributed by atoms with E-state index in [1.807, 2.05) is 37.3 Å². The van der Waals surface area contributed by atoms with Gasteiger partial charge in [-0.2, -0.15) is 5.26 Å². The van der Waals surface area contributed by atoms with Crippen LogP contribution in [0.1, 0.15) is 16.7 Å². The van der Waals surface area contributed by atoms with Crippen molar-refractivity contribution in [1.29, 1.82) is 5.26 Å². The number of nitriles is 1. The standard InChI is InChI=1S/C15H13NOS/c1-11-3-2-4-14(7-11)18-15-6-5-12(10-17)8-13(15)9-16/h2-8,17H,10H2,1H3. The second kappa shape index (κ2) is 5.72. The fourth-order valence-corrected chi connectivity index (χ4v) is 2.65. The lowest BCUT2D eigenvalue weighted by Crippen LogP contribution is -1.87. The minimum atomic E-state index is -0.0376. The quantitative estimate of drug-likeness (QED) is 0.912. The monoisotopic (exact) mass is 255 g/mol. The van der Waals surface area contributed by atoms with Crippen LogP contribution in [0.25, 0.3) is 0 Å². The number of rotatable bonds is 3. The van der Waals surface area contributed by atoms with Crippen molar-refractivity contribution in [2.75, 3.05) is 0 Å². The highest BCUT2D eigenvalue weighted by molar-refractivity contribution is 7.99. The van der Waals surface area contributed by atoms with Crippen molar-refractivity contribution in [3.8, 4) is 6.07 Å². The van der Waals surface area contributed by atoms with Crippen molar-refractivity contribution in [2.45, 2.75) is 23.3 Å². The Hall–Kier alpha value is -1.76. The lowest BCUT2D eigenvalue weighted by Gasteiger charge is -2.06. The van der Waals surface area contributed by atoms with Crippen LogP contribution in [0.2, 0.25) is 0 Å². The van der Waals surface area contributed by atoms with Gasteiger partial charge in [-0.15, -0.1) is 0 Å². The summed E-state index contributed by atoms with van der Waals surface area (Å²) < 4.78 is 0. The summed E-state index contributed by atoms with van der Waals surface area (Å²) >= 11 is 1.57. The van der Waals surface area contributed by atoms with Crippen molar-refractivity contribution in [2.24, 2.45) is 0 Å². The van der Waals surface area contributed by atoms with Gasteiger partial charge in [0.1, 0.15) is 6.07 Å². The molecule has 0 saturated carbocycles. The number of aryl methyl sites for hydroxylation is 1. The zero-order valence-corrected chi connectivity index (χ0v) is 10.9. The van der Waals surface area contributed by atoms with Crippen LogP contribution in [0, 0.1) is 18.3 Å². The number of nitrogens with zero attached hydrogens (tertiary/aromatic N) is 1. The molecule has 0 unspecified atom stereocenters. The second-order valence-electron chi connectivity index (χ2n) is 4.02. The molecule has 0 fully saturated rings. The van der Waals surface area contributed by atoms with Crippen molar-refractivity contribution in [1.82, 2.24) is 0 Å². The molecule has 1 N–H and O–H groups in total. The molecule has 18 heavy (non-hydrogen) atoms. The van der Waals surface area contributed by atoms with E-state index >= 15 is 0 Å². The van der Waals surface area contributed by atoms with Gasteiger partial charge < -0.3 is 5.11 Å². The van der Waals surface area contributed by atoms with Crippen LogP contribution < -0.4 is 0 Å². The number of aliphatic hydroxyl groups excluding tert-OH is 1. The van der Waals surface area contributed by atoms with Crippen LogP contribution in [0.3, 0.4) is 0 Å². The van der Waals surface area contributed by atoms with Gasteiger partial charge in [-0.25, -0.2) is 0 Å². The minimum Gasteiger partial charge on any atom is -0.392 e. The first-order chi connectivity index (χ1) is 8.72. The molecule has 0 spiro atoms. The van der Waals surface area contributed by atoms with E-state index in [2.05, 4.69) is 12.1 Å². The molecule has 0 aromatic heterocycles. The topological polar surface area (TPSA) is 44.0 Å². The molecular weight excluding hydrogens is 242 g/mol. The zero-order valence-electron chi connectivity index (χ0n) is 10.1. The Kier molecular flexibility index (Phi) is 4.03. The number of benzene rings is 2. The predicted molar refractivity (Wildman–Crippen MR) is 72.4 cm³/mol. The van der Waals surface area contributed by atoms with Crippen molar-refractivity contribution < 1.29 is 5.11 Å². The van der Waals surface area contributed by atoms with Crippen LogP contribution >= 0.6 is 11.8 Å². The molecule has 0 aliphatic carbocycles. The van der Waals surface area contributed by atoms with Gasteiger partial charge in [0.2, 0.25) is 0 Å². The van der Waals surface area contributed by atoms with E-state index in [1.54, 1.807) is 17.8 Å². The van der Waals surface area contributed by atoms with E-state index < -0.39 is 0 Å². The fourth-order valence-electron chi connectivity index (χ4n) is 1.66. The van der Waals surface area contributed by atoms with Crippen LogP contribution in [0.4, 0.5) is 0 Å². The fraction of sp³-hybridized carbons (Fsp3) is 0.133. The van der Waals surface area contributed by atoms with E-state index in [4.69, 9.17) is 10.4 Å². The summed E-state index contributed by atoms with van der Waals surface area (Å²) in [5.74, 6) is 0. The molecule has 3 heteroatoms. The summed E-state index contributed by atoms with van der Waals surface area (Å²) in [6.45, 7) is 2.01. The van der Waals surface area contributed by atoms with E-state index in [-0.39, 0.29) is 6.61 Å². The minimum absolute atomic E-state index is 0.0376. The summed E-state index contributed by atoms with van der Waals surface area (Å²) in [5.41, 5.74) is 2.57. The Morgan fingerprint density at radius 2 is 2.06 bits per heavy atom. The van der Waals surface area contributed by atoms with Gasteiger partial charge in [-0.1, -0.05) is 35.5 Å². The second-order valence-corrected chi connectivity index (χ2v) is 5.13. The molecule has 0 saturated heterocycles. The molecule has 0 bridgehead atoms. The average Bonchev–Trinajstić information content (AvgIpc) is 2.39. The average molecular weight is 255 g/mol. The molecule has 0 radical (unpaired) electrons. The van der Waals surface area contributed by atoms with E-state index in [0.717, 1.165) is 15.4 Å². The third kappa shape index (κ3) is 2.92. The largest absolute Gasteiger partial charge is 0.392 e. The van der Waals surface area contributed by atoms with Gasteiger partial charge in [-0.3, -0.25) is 0 Å². The van der Waals surface area contributed by atoms with E-state index in [9.17, 15) is 0 Å². The van der Waals surface area contributed by atoms with Crippen LogP contribution in [-0.4, -0.2) is 5.11 Å². The molecule has 2 nitrogen and oxygen atoms in total. The Labute approximate surface area is 111 Å². The SMILES string of the molecule is Cc1cccc(Sc2ccc(CO)cc2C#N)c1. The van der Waals surface area contributed by atoms with Gasteiger partial charge in [0.15, 0.2) is 0 Å². The number of hydrogen-bond donors (Lipinski definition) is 1. The number of hydrogen-bond acceptors (Lipinski definition) is 3. The molecule has 0 aliphatic heterocycles. The van der Waals surface area contributed by atoms with Gasteiger partial charge in [0, 0.05) is 9.79 Å². The molecule has 2 aromatic rings. The van der Waals surface area contributed by atoms with Crippen molar-refractivity contribution >= 4 is 11.8 Å². The molecule has 2 aromatic carbocycles. The molecule has 0 heterocycles. The van der Waals surface area contributed by atoms with Crippen molar-refractivity contribution in [3.63, 3.8) is 0 Å². The predicted octanol–water partition coefficient (Wildman–Crippen LogP) is 3.51. The maximum absolute atomic E-state index is 9.13. The Balaban J connectivity index is 2.32. The first-order valence-electron chi connectivity index (χ1n) is 5.61. The Morgan fingerprint density at radius 1 is 1.22 bits per heavy atom. The van der Waals surface area contributed by atoms with Gasteiger partial charge in [-0.05, 0) is 36.8 Å². The summed E-state index contributed by atoms with van der Waals surface area (Å²) in [5, 5.41) is 18.2. The smallest absolute Gasteiger partial charge is 0.100 e. The first-order valence-corrected chi connectivity index (χ1v) is 6.43. The van der Waals surface area contributed by atoms with Crippen LogP contribution in [0.15, 0.2) is 52.3 Å². The number of aliphatic hydroxyl groups is 1. The third-order valence-corrected chi connectivity index (χ3v) is 3.63. The first kappa shape index (κ1) is 12.7. The molecule has 0 amide bonds. The molecule has 0 atom stereocenters. The third-order valence-electron chi connectivity index (χ3n) is 2.56. The summed E-state index contributed by atoms with van der Waals surface area (Å²) in [6.07, 6.45) is 0. The molecule has 90 valence electrons. The van der Waals surface area contributed by atoms with Crippen LogP contribution in [0.5, 0.6) is 0 Å².